The van der Waals surface area contributed by atoms with Crippen LogP contribution >= 0.6 is 0 Å². The molecule has 7 nitrogen and oxygen atoms in total. The Hall–Kier alpha value is -1.70. The van der Waals surface area contributed by atoms with Gasteiger partial charge in [-0.05, 0) is 6.07 Å². The van der Waals surface area contributed by atoms with Gasteiger partial charge in [0, 0.05) is 6.20 Å². The first-order valence-electron chi connectivity index (χ1n) is 5.78. The first-order chi connectivity index (χ1) is 8.79. The zero-order valence-electron chi connectivity index (χ0n) is 9.43. The minimum Gasteiger partial charge on any atom is -0.394 e. The lowest BCUT2D eigenvalue weighted by Crippen LogP contribution is -2.22. The molecule has 2 aromatic rings. The minimum absolute atomic E-state index is 0.00312. The normalized spacial score (nSPS) is 33.8. The Labute approximate surface area is 102 Å². The Morgan fingerprint density at radius 3 is 3.00 bits per heavy atom. The monoisotopic (exact) mass is 248 g/mol. The van der Waals surface area contributed by atoms with Crippen LogP contribution in [0.25, 0.3) is 11.0 Å². The van der Waals surface area contributed by atoms with E-state index in [1.165, 1.54) is 6.33 Å². The number of aliphatic hydroxyl groups excluding tert-OH is 1. The molecule has 4 rings (SSSR count). The third-order valence-corrected chi connectivity index (χ3v) is 3.52. The lowest BCUT2D eigenvalue weighted by molar-refractivity contribution is -0.0821. The lowest BCUT2D eigenvalue weighted by Gasteiger charge is -2.17. The van der Waals surface area contributed by atoms with Crippen LogP contribution in [0.5, 0.6) is 0 Å². The summed E-state index contributed by atoms with van der Waals surface area (Å²) in [6, 6.07) is 1.86. The van der Waals surface area contributed by atoms with Crippen molar-refractivity contribution in [1.29, 1.82) is 0 Å². The van der Waals surface area contributed by atoms with Gasteiger partial charge >= 0.3 is 0 Å². The highest BCUT2D eigenvalue weighted by atomic mass is 16.7. The fourth-order valence-corrected chi connectivity index (χ4v) is 2.57. The third-order valence-electron chi connectivity index (χ3n) is 3.52. The zero-order valence-corrected chi connectivity index (χ0v) is 9.43. The van der Waals surface area contributed by atoms with Crippen molar-refractivity contribution in [1.82, 2.24) is 14.5 Å². The number of ether oxygens (including phenoxy) is 2. The second-order valence-corrected chi connectivity index (χ2v) is 4.53. The molecule has 18 heavy (non-hydrogen) atoms. The van der Waals surface area contributed by atoms with Crippen molar-refractivity contribution < 1.29 is 14.6 Å². The summed E-state index contributed by atoms with van der Waals surface area (Å²) in [6.07, 6.45) is 2.78. The van der Waals surface area contributed by atoms with Gasteiger partial charge in [0.1, 0.15) is 36.1 Å². The lowest BCUT2D eigenvalue weighted by atomic mass is 10.2. The van der Waals surface area contributed by atoms with E-state index < -0.39 is 0 Å². The fourth-order valence-electron chi connectivity index (χ4n) is 2.57. The van der Waals surface area contributed by atoms with Crippen molar-refractivity contribution in [3.8, 4) is 0 Å². The van der Waals surface area contributed by atoms with Crippen molar-refractivity contribution in [2.24, 2.45) is 0 Å². The van der Waals surface area contributed by atoms with Gasteiger partial charge in [-0.1, -0.05) is 0 Å². The van der Waals surface area contributed by atoms with Crippen molar-refractivity contribution in [3.05, 3.63) is 18.6 Å². The molecule has 3 N–H and O–H groups in total. The van der Waals surface area contributed by atoms with Gasteiger partial charge in [-0.25, -0.2) is 9.97 Å². The molecular weight excluding hydrogens is 236 g/mol. The SMILES string of the molecule is Nc1ncnc2c1ccn2[C@@H]1O[C@H](CO)[C@H]2O[C@H]21. The molecule has 2 saturated heterocycles. The highest BCUT2D eigenvalue weighted by Gasteiger charge is 2.58. The molecule has 0 aromatic carbocycles. The van der Waals surface area contributed by atoms with E-state index in [2.05, 4.69) is 9.97 Å². The number of hydrogen-bond donors (Lipinski definition) is 2. The summed E-state index contributed by atoms with van der Waals surface area (Å²) in [4.78, 5) is 8.17. The standard InChI is InChI=1S/C11H12N4O3/c12-9-5-1-2-15(10(5)14-4-13-9)11-8-7(18-8)6(3-16)17-11/h1-2,4,6-8,11,16H,3H2,(H2,12,13,14)/t6-,7-,8-,11-/m1/s1. The Kier molecular flexibility index (Phi) is 1.94. The van der Waals surface area contributed by atoms with Crippen LogP contribution in [-0.4, -0.2) is 44.6 Å². The summed E-state index contributed by atoms with van der Waals surface area (Å²) in [5, 5.41) is 9.97. The van der Waals surface area contributed by atoms with E-state index in [1.54, 1.807) is 0 Å². The van der Waals surface area contributed by atoms with Gasteiger partial charge in [-0.3, -0.25) is 0 Å². The van der Waals surface area contributed by atoms with Crippen LogP contribution in [0.15, 0.2) is 18.6 Å². The van der Waals surface area contributed by atoms with Crippen molar-refractivity contribution >= 4 is 16.9 Å². The predicted molar refractivity (Wildman–Crippen MR) is 61.6 cm³/mol. The van der Waals surface area contributed by atoms with Crippen LogP contribution < -0.4 is 5.73 Å². The van der Waals surface area contributed by atoms with Crippen molar-refractivity contribution in [3.63, 3.8) is 0 Å². The molecule has 0 unspecified atom stereocenters. The number of fused-ring (bicyclic) bond motifs is 2. The number of hydrogen-bond acceptors (Lipinski definition) is 6. The molecule has 7 heteroatoms. The number of nitrogens with two attached hydrogens (primary N) is 1. The summed E-state index contributed by atoms with van der Waals surface area (Å²) in [6.45, 7) is -0.0337. The van der Waals surface area contributed by atoms with E-state index in [0.29, 0.717) is 5.82 Å². The van der Waals surface area contributed by atoms with Crippen LogP contribution in [0.2, 0.25) is 0 Å². The number of aliphatic hydroxyl groups is 1. The number of nitrogen functional groups attached to an aromatic ring is 1. The molecule has 4 atom stereocenters. The maximum Gasteiger partial charge on any atom is 0.164 e. The van der Waals surface area contributed by atoms with Crippen molar-refractivity contribution in [2.75, 3.05) is 12.3 Å². The second kappa shape index (κ2) is 3.41. The Balaban J connectivity index is 1.78. The summed E-state index contributed by atoms with van der Waals surface area (Å²) >= 11 is 0. The van der Waals surface area contributed by atoms with Gasteiger partial charge in [-0.15, -0.1) is 0 Å². The molecular formula is C11H12N4O3. The Morgan fingerprint density at radius 2 is 2.22 bits per heavy atom. The summed E-state index contributed by atoms with van der Waals surface area (Å²) < 4.78 is 13.1. The number of nitrogens with zero attached hydrogens (tertiary/aromatic N) is 3. The van der Waals surface area contributed by atoms with E-state index in [0.717, 1.165) is 11.0 Å². The van der Waals surface area contributed by atoms with Crippen LogP contribution in [0.4, 0.5) is 5.82 Å². The van der Waals surface area contributed by atoms with Crippen molar-refractivity contribution in [2.45, 2.75) is 24.5 Å². The number of rotatable bonds is 2. The molecule has 2 aliphatic heterocycles. The topological polar surface area (TPSA) is 98.7 Å². The van der Waals surface area contributed by atoms with E-state index in [-0.39, 0.29) is 31.1 Å². The van der Waals surface area contributed by atoms with E-state index in [4.69, 9.17) is 15.2 Å². The zero-order chi connectivity index (χ0) is 12.3. The largest absolute Gasteiger partial charge is 0.394 e. The predicted octanol–water partition coefficient (Wildman–Crippen LogP) is -0.329. The summed E-state index contributed by atoms with van der Waals surface area (Å²) in [5.41, 5.74) is 6.51. The molecule has 4 heterocycles. The average molecular weight is 248 g/mol. The third kappa shape index (κ3) is 1.23. The van der Waals surface area contributed by atoms with Gasteiger partial charge in [0.25, 0.3) is 0 Å². The number of aromatic nitrogens is 3. The molecule has 2 fully saturated rings. The molecule has 94 valence electrons. The molecule has 0 saturated carbocycles. The van der Waals surface area contributed by atoms with Crippen LogP contribution in [0.1, 0.15) is 6.23 Å². The second-order valence-electron chi connectivity index (χ2n) is 4.53. The number of epoxide rings is 1. The van der Waals surface area contributed by atoms with Gasteiger partial charge in [0.2, 0.25) is 0 Å². The maximum atomic E-state index is 9.18. The Morgan fingerprint density at radius 1 is 1.33 bits per heavy atom. The smallest absolute Gasteiger partial charge is 0.164 e. The fraction of sp³-hybridized carbons (Fsp3) is 0.455. The van der Waals surface area contributed by atoms with E-state index >= 15 is 0 Å². The van der Waals surface area contributed by atoms with Gasteiger partial charge < -0.3 is 24.9 Å². The first-order valence-corrected chi connectivity index (χ1v) is 5.78. The molecule has 0 radical (unpaired) electrons. The van der Waals surface area contributed by atoms with Gasteiger partial charge in [-0.2, -0.15) is 0 Å². The van der Waals surface area contributed by atoms with Crippen LogP contribution in [0.3, 0.4) is 0 Å². The van der Waals surface area contributed by atoms with E-state index in [9.17, 15) is 5.11 Å². The summed E-state index contributed by atoms with van der Waals surface area (Å²) in [7, 11) is 0. The molecule has 0 amide bonds. The maximum absolute atomic E-state index is 9.18. The van der Waals surface area contributed by atoms with Crippen LogP contribution in [-0.2, 0) is 9.47 Å². The quantitative estimate of drug-likeness (QED) is 0.706. The minimum atomic E-state index is -0.253. The Bertz CT molecular complexity index is 613. The summed E-state index contributed by atoms with van der Waals surface area (Å²) in [5.74, 6) is 0.448. The highest BCUT2D eigenvalue weighted by molar-refractivity contribution is 5.86. The molecule has 0 aliphatic carbocycles. The first kappa shape index (κ1) is 10.2. The average Bonchev–Trinajstić information content (AvgIpc) is 2.91. The van der Waals surface area contributed by atoms with Gasteiger partial charge in [0.15, 0.2) is 6.23 Å². The molecule has 2 aliphatic rings. The van der Waals surface area contributed by atoms with Gasteiger partial charge in [0.05, 0.1) is 12.0 Å². The molecule has 2 aromatic heterocycles. The van der Waals surface area contributed by atoms with E-state index in [1.807, 2.05) is 16.8 Å². The molecule has 0 spiro atoms. The van der Waals surface area contributed by atoms with Crippen LogP contribution in [0, 0.1) is 0 Å². The highest BCUT2D eigenvalue weighted by Crippen LogP contribution is 2.45. The number of anilines is 1. The molecule has 0 bridgehead atoms.